The Morgan fingerprint density at radius 3 is 2.71 bits per heavy atom. The number of thiophene rings is 1. The Labute approximate surface area is 134 Å². The normalized spacial score (nSPS) is 11.7. The van der Waals surface area contributed by atoms with Crippen LogP contribution in [0.4, 0.5) is 5.69 Å². The molecule has 1 amide bonds. The SMILES string of the molecule is CC[C@H](C)c1ccccc1NC(=S)NC(=O)c1cccs1. The molecular formula is C16H18N2OS2. The van der Waals surface area contributed by atoms with E-state index in [0.717, 1.165) is 12.1 Å². The van der Waals surface area contributed by atoms with E-state index >= 15 is 0 Å². The van der Waals surface area contributed by atoms with Gasteiger partial charge in [-0.15, -0.1) is 11.3 Å². The number of hydrogen-bond acceptors (Lipinski definition) is 3. The molecule has 0 unspecified atom stereocenters. The van der Waals surface area contributed by atoms with E-state index in [1.165, 1.54) is 16.9 Å². The first-order chi connectivity index (χ1) is 10.1. The fourth-order valence-corrected chi connectivity index (χ4v) is 2.81. The molecule has 21 heavy (non-hydrogen) atoms. The molecule has 0 bridgehead atoms. The van der Waals surface area contributed by atoms with E-state index in [2.05, 4.69) is 30.5 Å². The number of hydrogen-bond donors (Lipinski definition) is 2. The Kier molecular flexibility index (Phi) is 5.47. The summed E-state index contributed by atoms with van der Waals surface area (Å²) in [6.45, 7) is 4.33. The minimum absolute atomic E-state index is 0.177. The van der Waals surface area contributed by atoms with Crippen molar-refractivity contribution >= 4 is 40.3 Å². The zero-order valence-electron chi connectivity index (χ0n) is 12.1. The summed E-state index contributed by atoms with van der Waals surface area (Å²) >= 11 is 6.62. The highest BCUT2D eigenvalue weighted by Gasteiger charge is 2.12. The number of para-hydroxylation sites is 1. The van der Waals surface area contributed by atoms with Crippen molar-refractivity contribution in [2.75, 3.05) is 5.32 Å². The fraction of sp³-hybridized carbons (Fsp3) is 0.250. The zero-order valence-corrected chi connectivity index (χ0v) is 13.7. The van der Waals surface area contributed by atoms with Crippen LogP contribution in [0.25, 0.3) is 0 Å². The van der Waals surface area contributed by atoms with E-state index in [1.807, 2.05) is 29.6 Å². The third-order valence-corrected chi connectivity index (χ3v) is 4.40. The number of amides is 1. The van der Waals surface area contributed by atoms with Crippen LogP contribution < -0.4 is 10.6 Å². The van der Waals surface area contributed by atoms with Crippen molar-refractivity contribution in [3.63, 3.8) is 0 Å². The van der Waals surface area contributed by atoms with Gasteiger partial charge in [0.25, 0.3) is 5.91 Å². The molecule has 0 radical (unpaired) electrons. The molecule has 0 aliphatic rings. The number of carbonyl (C=O) groups is 1. The number of benzene rings is 1. The van der Waals surface area contributed by atoms with Crippen LogP contribution in [0.2, 0.25) is 0 Å². The average molecular weight is 318 g/mol. The van der Waals surface area contributed by atoms with Crippen molar-refractivity contribution in [3.8, 4) is 0 Å². The van der Waals surface area contributed by atoms with Gasteiger partial charge < -0.3 is 5.32 Å². The van der Waals surface area contributed by atoms with Gasteiger partial charge in [-0.3, -0.25) is 10.1 Å². The van der Waals surface area contributed by atoms with E-state index in [0.29, 0.717) is 15.9 Å². The standard InChI is InChI=1S/C16H18N2OS2/c1-3-11(2)12-7-4-5-8-13(12)17-16(20)18-15(19)14-9-6-10-21-14/h4-11H,3H2,1-2H3,(H2,17,18,19,20)/t11-/m0/s1. The Bertz CT molecular complexity index is 623. The van der Waals surface area contributed by atoms with Crippen molar-refractivity contribution in [2.24, 2.45) is 0 Å². The number of carbonyl (C=O) groups excluding carboxylic acids is 1. The molecule has 1 heterocycles. The first kappa shape index (κ1) is 15.7. The zero-order chi connectivity index (χ0) is 15.2. The molecule has 0 saturated heterocycles. The van der Waals surface area contributed by atoms with Crippen LogP contribution >= 0.6 is 23.6 Å². The van der Waals surface area contributed by atoms with Gasteiger partial charge in [0.2, 0.25) is 0 Å². The first-order valence-corrected chi connectivity index (χ1v) is 8.15. The van der Waals surface area contributed by atoms with Gasteiger partial charge in [-0.1, -0.05) is 38.1 Å². The van der Waals surface area contributed by atoms with E-state index in [4.69, 9.17) is 12.2 Å². The largest absolute Gasteiger partial charge is 0.332 e. The second-order valence-corrected chi connectivity index (χ2v) is 6.14. The minimum atomic E-state index is -0.177. The number of rotatable bonds is 4. The third-order valence-electron chi connectivity index (χ3n) is 3.32. The molecule has 2 aromatic rings. The molecule has 3 nitrogen and oxygen atoms in total. The number of thiocarbonyl (C=S) groups is 1. The summed E-state index contributed by atoms with van der Waals surface area (Å²) in [6, 6.07) is 11.6. The van der Waals surface area contributed by atoms with Crippen molar-refractivity contribution < 1.29 is 4.79 Å². The van der Waals surface area contributed by atoms with E-state index in [9.17, 15) is 4.79 Å². The third kappa shape index (κ3) is 4.12. The molecule has 0 saturated carbocycles. The quantitative estimate of drug-likeness (QED) is 0.822. The monoisotopic (exact) mass is 318 g/mol. The lowest BCUT2D eigenvalue weighted by Gasteiger charge is -2.16. The summed E-state index contributed by atoms with van der Waals surface area (Å²) in [5.41, 5.74) is 2.15. The summed E-state index contributed by atoms with van der Waals surface area (Å²) in [6.07, 6.45) is 1.05. The molecule has 110 valence electrons. The smallest absolute Gasteiger partial charge is 0.267 e. The van der Waals surface area contributed by atoms with Gasteiger partial charge in [-0.2, -0.15) is 0 Å². The summed E-state index contributed by atoms with van der Waals surface area (Å²) in [5, 5.41) is 8.02. The molecule has 2 N–H and O–H groups in total. The summed E-state index contributed by atoms with van der Waals surface area (Å²) in [7, 11) is 0. The Morgan fingerprint density at radius 1 is 1.29 bits per heavy atom. The highest BCUT2D eigenvalue weighted by atomic mass is 32.1. The van der Waals surface area contributed by atoms with E-state index in [-0.39, 0.29) is 5.91 Å². The molecule has 1 aromatic carbocycles. The van der Waals surface area contributed by atoms with Gasteiger partial charge in [0.1, 0.15) is 0 Å². The molecule has 1 atom stereocenters. The van der Waals surface area contributed by atoms with Gasteiger partial charge in [-0.25, -0.2) is 0 Å². The van der Waals surface area contributed by atoms with Gasteiger partial charge in [0.05, 0.1) is 4.88 Å². The molecule has 0 spiro atoms. The Morgan fingerprint density at radius 2 is 2.05 bits per heavy atom. The number of anilines is 1. The van der Waals surface area contributed by atoms with Crippen molar-refractivity contribution in [1.82, 2.24) is 5.32 Å². The van der Waals surface area contributed by atoms with Gasteiger partial charge in [-0.05, 0) is 47.6 Å². The lowest BCUT2D eigenvalue weighted by Crippen LogP contribution is -2.34. The van der Waals surface area contributed by atoms with E-state index < -0.39 is 0 Å². The topological polar surface area (TPSA) is 41.1 Å². The van der Waals surface area contributed by atoms with Crippen LogP contribution in [0.3, 0.4) is 0 Å². The van der Waals surface area contributed by atoms with Crippen LogP contribution in [0.1, 0.15) is 41.4 Å². The molecule has 1 aromatic heterocycles. The first-order valence-electron chi connectivity index (χ1n) is 6.86. The molecular weight excluding hydrogens is 300 g/mol. The van der Waals surface area contributed by atoms with Crippen molar-refractivity contribution in [3.05, 3.63) is 52.2 Å². The van der Waals surface area contributed by atoms with Gasteiger partial charge >= 0.3 is 0 Å². The van der Waals surface area contributed by atoms with Crippen molar-refractivity contribution in [1.29, 1.82) is 0 Å². The predicted molar refractivity (Wildman–Crippen MR) is 93.2 cm³/mol. The minimum Gasteiger partial charge on any atom is -0.332 e. The molecule has 0 fully saturated rings. The van der Waals surface area contributed by atoms with E-state index in [1.54, 1.807) is 6.07 Å². The molecule has 0 aliphatic heterocycles. The Hall–Kier alpha value is -1.72. The summed E-state index contributed by atoms with van der Waals surface area (Å²) in [4.78, 5) is 12.6. The maximum Gasteiger partial charge on any atom is 0.267 e. The van der Waals surface area contributed by atoms with Crippen molar-refractivity contribution in [2.45, 2.75) is 26.2 Å². The van der Waals surface area contributed by atoms with Gasteiger partial charge in [0, 0.05) is 5.69 Å². The second kappa shape index (κ2) is 7.33. The average Bonchev–Trinajstić information content (AvgIpc) is 3.01. The highest BCUT2D eigenvalue weighted by molar-refractivity contribution is 7.80. The second-order valence-electron chi connectivity index (χ2n) is 4.78. The maximum absolute atomic E-state index is 12.0. The fourth-order valence-electron chi connectivity index (χ4n) is 1.99. The Balaban J connectivity index is 2.05. The predicted octanol–water partition coefficient (Wildman–Crippen LogP) is 4.39. The van der Waals surface area contributed by atoms with Gasteiger partial charge in [0.15, 0.2) is 5.11 Å². The van der Waals surface area contributed by atoms with Crippen LogP contribution in [-0.4, -0.2) is 11.0 Å². The highest BCUT2D eigenvalue weighted by Crippen LogP contribution is 2.26. The molecule has 0 aliphatic carbocycles. The summed E-state index contributed by atoms with van der Waals surface area (Å²) < 4.78 is 0. The van der Waals surface area contributed by atoms with Crippen LogP contribution in [-0.2, 0) is 0 Å². The summed E-state index contributed by atoms with van der Waals surface area (Å²) in [5.74, 6) is 0.257. The van der Waals surface area contributed by atoms with Crippen LogP contribution in [0, 0.1) is 0 Å². The molecule has 2 rings (SSSR count). The lowest BCUT2D eigenvalue weighted by atomic mass is 9.97. The maximum atomic E-state index is 12.0. The number of nitrogens with one attached hydrogen (secondary N) is 2. The van der Waals surface area contributed by atoms with Crippen LogP contribution in [0.15, 0.2) is 41.8 Å². The van der Waals surface area contributed by atoms with Crippen LogP contribution in [0.5, 0.6) is 0 Å². The lowest BCUT2D eigenvalue weighted by molar-refractivity contribution is 0.0981. The molecule has 5 heteroatoms.